The van der Waals surface area contributed by atoms with Gasteiger partial charge in [-0.2, -0.15) is 0 Å². The predicted octanol–water partition coefficient (Wildman–Crippen LogP) is 1.22. The highest BCUT2D eigenvalue weighted by Crippen LogP contribution is 2.12. The molecule has 7 heteroatoms. The first-order chi connectivity index (χ1) is 11.2. The SMILES string of the molecule is O=C(COCC1CCCCO1)Nc1cnc2ccccn2c1=O. The van der Waals surface area contributed by atoms with E-state index >= 15 is 0 Å². The van der Waals surface area contributed by atoms with Crippen molar-refractivity contribution in [3.63, 3.8) is 0 Å². The van der Waals surface area contributed by atoms with Crippen LogP contribution in [-0.4, -0.2) is 41.2 Å². The van der Waals surface area contributed by atoms with Gasteiger partial charge < -0.3 is 14.8 Å². The first-order valence-corrected chi connectivity index (χ1v) is 7.69. The molecule has 2 aromatic heterocycles. The Bertz CT molecular complexity index is 737. The van der Waals surface area contributed by atoms with E-state index in [2.05, 4.69) is 10.3 Å². The molecule has 1 aliphatic rings. The summed E-state index contributed by atoms with van der Waals surface area (Å²) >= 11 is 0. The van der Waals surface area contributed by atoms with Crippen LogP contribution in [0, 0.1) is 0 Å². The molecule has 23 heavy (non-hydrogen) atoms. The van der Waals surface area contributed by atoms with Gasteiger partial charge >= 0.3 is 0 Å². The minimum Gasteiger partial charge on any atom is -0.376 e. The number of nitrogens with zero attached hydrogens (tertiary/aromatic N) is 2. The molecule has 3 heterocycles. The van der Waals surface area contributed by atoms with E-state index in [-0.39, 0.29) is 29.9 Å². The number of anilines is 1. The molecule has 0 spiro atoms. The van der Waals surface area contributed by atoms with Crippen molar-refractivity contribution in [3.05, 3.63) is 40.9 Å². The van der Waals surface area contributed by atoms with Crippen molar-refractivity contribution in [1.82, 2.24) is 9.38 Å². The molecule has 1 unspecified atom stereocenters. The fraction of sp³-hybridized carbons (Fsp3) is 0.438. The summed E-state index contributed by atoms with van der Waals surface area (Å²) in [5.74, 6) is -0.379. The molecule has 1 fully saturated rings. The average Bonchev–Trinajstić information content (AvgIpc) is 2.59. The van der Waals surface area contributed by atoms with E-state index in [0.717, 1.165) is 25.9 Å². The maximum Gasteiger partial charge on any atom is 0.281 e. The van der Waals surface area contributed by atoms with Crippen LogP contribution < -0.4 is 10.9 Å². The van der Waals surface area contributed by atoms with Crippen molar-refractivity contribution in [2.45, 2.75) is 25.4 Å². The van der Waals surface area contributed by atoms with Crippen LogP contribution in [-0.2, 0) is 14.3 Å². The second-order valence-corrected chi connectivity index (χ2v) is 5.46. The number of hydrogen-bond acceptors (Lipinski definition) is 5. The lowest BCUT2D eigenvalue weighted by Crippen LogP contribution is -2.29. The van der Waals surface area contributed by atoms with Crippen molar-refractivity contribution in [2.75, 3.05) is 25.1 Å². The third-order valence-corrected chi connectivity index (χ3v) is 3.70. The van der Waals surface area contributed by atoms with Crippen LogP contribution in [0.5, 0.6) is 0 Å². The second kappa shape index (κ2) is 7.34. The molecule has 7 nitrogen and oxygen atoms in total. The molecule has 1 atom stereocenters. The Balaban J connectivity index is 1.55. The van der Waals surface area contributed by atoms with Crippen LogP contribution in [0.2, 0.25) is 0 Å². The van der Waals surface area contributed by atoms with Gasteiger partial charge in [0, 0.05) is 12.8 Å². The van der Waals surface area contributed by atoms with Gasteiger partial charge in [-0.05, 0) is 31.4 Å². The molecule has 1 amide bonds. The monoisotopic (exact) mass is 317 g/mol. The quantitative estimate of drug-likeness (QED) is 0.896. The van der Waals surface area contributed by atoms with Gasteiger partial charge in [0.15, 0.2) is 0 Å². The molecule has 0 bridgehead atoms. The van der Waals surface area contributed by atoms with Gasteiger partial charge in [0.05, 0.1) is 18.9 Å². The Morgan fingerprint density at radius 3 is 3.17 bits per heavy atom. The lowest BCUT2D eigenvalue weighted by Gasteiger charge is -2.22. The largest absolute Gasteiger partial charge is 0.376 e. The van der Waals surface area contributed by atoms with E-state index in [1.165, 1.54) is 10.6 Å². The average molecular weight is 317 g/mol. The first-order valence-electron chi connectivity index (χ1n) is 7.69. The molecule has 1 saturated heterocycles. The maximum absolute atomic E-state index is 12.2. The molecule has 0 aliphatic carbocycles. The number of ether oxygens (including phenoxy) is 2. The summed E-state index contributed by atoms with van der Waals surface area (Å²) in [4.78, 5) is 28.3. The topological polar surface area (TPSA) is 81.9 Å². The molecular weight excluding hydrogens is 298 g/mol. The van der Waals surface area contributed by atoms with Crippen LogP contribution in [0.15, 0.2) is 35.4 Å². The van der Waals surface area contributed by atoms with E-state index in [1.807, 2.05) is 0 Å². The highest BCUT2D eigenvalue weighted by Gasteiger charge is 2.15. The third-order valence-electron chi connectivity index (χ3n) is 3.70. The zero-order chi connectivity index (χ0) is 16.1. The summed E-state index contributed by atoms with van der Waals surface area (Å²) < 4.78 is 12.3. The lowest BCUT2D eigenvalue weighted by atomic mass is 10.1. The number of pyridine rings is 1. The summed E-state index contributed by atoms with van der Waals surface area (Å²) in [6, 6.07) is 5.25. The van der Waals surface area contributed by atoms with Gasteiger partial charge in [0.25, 0.3) is 11.5 Å². The molecule has 1 aliphatic heterocycles. The highest BCUT2D eigenvalue weighted by molar-refractivity contribution is 5.91. The van der Waals surface area contributed by atoms with Crippen molar-refractivity contribution in [1.29, 1.82) is 0 Å². The van der Waals surface area contributed by atoms with Crippen LogP contribution in [0.3, 0.4) is 0 Å². The molecule has 0 aromatic carbocycles. The summed E-state index contributed by atoms with van der Waals surface area (Å²) in [7, 11) is 0. The van der Waals surface area contributed by atoms with E-state index in [1.54, 1.807) is 24.4 Å². The van der Waals surface area contributed by atoms with E-state index in [4.69, 9.17) is 9.47 Å². The van der Waals surface area contributed by atoms with E-state index in [9.17, 15) is 9.59 Å². The molecule has 3 rings (SSSR count). The third kappa shape index (κ3) is 3.94. The standard InChI is InChI=1S/C16H19N3O4/c20-15(11-22-10-12-5-2-4-8-23-12)18-13-9-17-14-6-1-3-7-19(14)16(13)21/h1,3,6-7,9,12H,2,4-5,8,10-11H2,(H,18,20). The minimum absolute atomic E-state index is 0.0597. The molecule has 122 valence electrons. The number of aromatic nitrogens is 2. The lowest BCUT2D eigenvalue weighted by molar-refractivity contribution is -0.122. The molecule has 2 aromatic rings. The molecule has 1 N–H and O–H groups in total. The van der Waals surface area contributed by atoms with E-state index < -0.39 is 0 Å². The predicted molar refractivity (Wildman–Crippen MR) is 84.5 cm³/mol. The fourth-order valence-corrected chi connectivity index (χ4v) is 2.52. The molecular formula is C16H19N3O4. The van der Waals surface area contributed by atoms with Crippen LogP contribution in [0.4, 0.5) is 5.69 Å². The van der Waals surface area contributed by atoms with Gasteiger partial charge in [-0.25, -0.2) is 4.98 Å². The normalized spacial score (nSPS) is 18.0. The van der Waals surface area contributed by atoms with Gasteiger partial charge in [0.2, 0.25) is 0 Å². The van der Waals surface area contributed by atoms with E-state index in [0.29, 0.717) is 12.3 Å². The number of carbonyl (C=O) groups excluding carboxylic acids is 1. The Morgan fingerprint density at radius 1 is 1.43 bits per heavy atom. The Hall–Kier alpha value is -2.25. The second-order valence-electron chi connectivity index (χ2n) is 5.46. The zero-order valence-corrected chi connectivity index (χ0v) is 12.7. The Kier molecular flexibility index (Phi) is 4.99. The van der Waals surface area contributed by atoms with Crippen LogP contribution in [0.1, 0.15) is 19.3 Å². The van der Waals surface area contributed by atoms with Gasteiger partial charge in [0.1, 0.15) is 17.9 Å². The van der Waals surface area contributed by atoms with Crippen molar-refractivity contribution in [3.8, 4) is 0 Å². The maximum atomic E-state index is 12.2. The van der Waals surface area contributed by atoms with Gasteiger partial charge in [-0.15, -0.1) is 0 Å². The molecule has 0 saturated carbocycles. The Labute approximate surface area is 133 Å². The van der Waals surface area contributed by atoms with Crippen molar-refractivity contribution in [2.24, 2.45) is 0 Å². The zero-order valence-electron chi connectivity index (χ0n) is 12.7. The van der Waals surface area contributed by atoms with Crippen molar-refractivity contribution < 1.29 is 14.3 Å². The van der Waals surface area contributed by atoms with Crippen molar-refractivity contribution >= 4 is 17.2 Å². The van der Waals surface area contributed by atoms with Gasteiger partial charge in [-0.1, -0.05) is 6.07 Å². The summed E-state index contributed by atoms with van der Waals surface area (Å²) in [5.41, 5.74) is 0.344. The number of amides is 1. The minimum atomic E-state index is -0.379. The summed E-state index contributed by atoms with van der Waals surface area (Å²) in [6.07, 6.45) is 6.19. The summed E-state index contributed by atoms with van der Waals surface area (Å²) in [6.45, 7) is 1.03. The number of carbonyl (C=O) groups is 1. The summed E-state index contributed by atoms with van der Waals surface area (Å²) in [5, 5.41) is 2.54. The van der Waals surface area contributed by atoms with Crippen LogP contribution in [0.25, 0.3) is 5.65 Å². The van der Waals surface area contributed by atoms with Gasteiger partial charge in [-0.3, -0.25) is 14.0 Å². The number of nitrogens with one attached hydrogen (secondary N) is 1. The van der Waals surface area contributed by atoms with Crippen LogP contribution >= 0.6 is 0 Å². The number of rotatable bonds is 5. The fourth-order valence-electron chi connectivity index (χ4n) is 2.52. The number of fused-ring (bicyclic) bond motifs is 1. The smallest absolute Gasteiger partial charge is 0.281 e. The Morgan fingerprint density at radius 2 is 2.35 bits per heavy atom. The highest BCUT2D eigenvalue weighted by atomic mass is 16.5. The number of hydrogen-bond donors (Lipinski definition) is 1. The first kappa shape index (κ1) is 15.6. The molecule has 0 radical (unpaired) electrons.